The van der Waals surface area contributed by atoms with E-state index in [-0.39, 0.29) is 48.2 Å². The van der Waals surface area contributed by atoms with Crippen LogP contribution in [0.3, 0.4) is 0 Å². The number of anilines is 2. The smallest absolute Gasteiger partial charge is 0.394 e. The number of alkyl halides is 3. The number of morpholine rings is 1. The molecule has 9 nitrogen and oxygen atoms in total. The summed E-state index contributed by atoms with van der Waals surface area (Å²) in [7, 11) is 1.47. The molecule has 0 spiro atoms. The molecule has 4 heterocycles. The zero-order valence-electron chi connectivity index (χ0n) is 21.7. The molecular weight excluding hydrogens is 547 g/mol. The van der Waals surface area contributed by atoms with Gasteiger partial charge in [-0.25, -0.2) is 4.98 Å². The first kappa shape index (κ1) is 25.5. The SMILES string of the molecule is COc1ccc2nc(N3C4COCC3C4)sc2c1C(=O)Nc1cnc(C)cc1C(=O)NC12CC(C(F)(F)F)(C1)C2. The first-order valence-corrected chi connectivity index (χ1v) is 13.8. The molecule has 3 aromatic rings. The molecule has 2 amide bonds. The second kappa shape index (κ2) is 8.53. The normalized spacial score (nSPS) is 28.3. The molecule has 5 fully saturated rings. The molecule has 2 atom stereocenters. The van der Waals surface area contributed by atoms with Crippen molar-refractivity contribution < 1.29 is 32.2 Å². The highest BCUT2D eigenvalue weighted by atomic mass is 32.1. The molecular formula is C27H26F3N5O4S. The van der Waals surface area contributed by atoms with Gasteiger partial charge in [0, 0.05) is 11.2 Å². The van der Waals surface area contributed by atoms with Crippen LogP contribution in [-0.4, -0.2) is 65.9 Å². The Morgan fingerprint density at radius 3 is 2.55 bits per heavy atom. The number of aromatic nitrogens is 2. The highest BCUT2D eigenvalue weighted by Gasteiger charge is 2.79. The van der Waals surface area contributed by atoms with Gasteiger partial charge in [0.25, 0.3) is 11.8 Å². The molecule has 3 saturated carbocycles. The Bertz CT molecular complexity index is 1540. The van der Waals surface area contributed by atoms with E-state index >= 15 is 0 Å². The van der Waals surface area contributed by atoms with Crippen molar-refractivity contribution in [3.05, 3.63) is 41.2 Å². The second-order valence-electron chi connectivity index (χ2n) is 11.3. The van der Waals surface area contributed by atoms with Crippen molar-refractivity contribution in [3.8, 4) is 5.75 Å². The van der Waals surface area contributed by atoms with Gasteiger partial charge in [0.1, 0.15) is 11.3 Å². The number of hydrogen-bond donors (Lipinski definition) is 2. The largest absolute Gasteiger partial charge is 0.496 e. The lowest BCUT2D eigenvalue weighted by atomic mass is 9.39. The minimum Gasteiger partial charge on any atom is -0.496 e. The molecule has 4 bridgehead atoms. The molecule has 5 aliphatic rings. The number of aryl methyl sites for hydroxylation is 1. The van der Waals surface area contributed by atoms with Crippen molar-refractivity contribution in [2.24, 2.45) is 5.41 Å². The van der Waals surface area contributed by atoms with E-state index in [1.54, 1.807) is 19.1 Å². The Kier molecular flexibility index (Phi) is 5.44. The van der Waals surface area contributed by atoms with Gasteiger partial charge in [-0.15, -0.1) is 0 Å². The van der Waals surface area contributed by atoms with Crippen molar-refractivity contribution in [1.29, 1.82) is 0 Å². The van der Waals surface area contributed by atoms with Crippen molar-refractivity contribution in [1.82, 2.24) is 15.3 Å². The van der Waals surface area contributed by atoms with E-state index in [4.69, 9.17) is 14.5 Å². The third-order valence-corrected chi connectivity index (χ3v) is 9.77. The maximum Gasteiger partial charge on any atom is 0.394 e. The minimum atomic E-state index is -4.27. The summed E-state index contributed by atoms with van der Waals surface area (Å²) >= 11 is 1.40. The molecule has 0 radical (unpaired) electrons. The predicted molar refractivity (Wildman–Crippen MR) is 141 cm³/mol. The van der Waals surface area contributed by atoms with Gasteiger partial charge < -0.3 is 25.0 Å². The summed E-state index contributed by atoms with van der Waals surface area (Å²) in [5, 5.41) is 6.40. The van der Waals surface area contributed by atoms with Crippen molar-refractivity contribution in [2.75, 3.05) is 30.5 Å². The van der Waals surface area contributed by atoms with Crippen LogP contribution in [0.5, 0.6) is 5.75 Å². The third kappa shape index (κ3) is 3.70. The predicted octanol–water partition coefficient (Wildman–Crippen LogP) is 4.45. The lowest BCUT2D eigenvalue weighted by molar-refractivity contribution is -0.336. The maximum absolute atomic E-state index is 13.7. The zero-order chi connectivity index (χ0) is 28.0. The Hall–Kier alpha value is -3.45. The van der Waals surface area contributed by atoms with Gasteiger partial charge in [-0.05, 0) is 50.8 Å². The Morgan fingerprint density at radius 1 is 1.18 bits per heavy atom. The van der Waals surface area contributed by atoms with E-state index in [1.807, 2.05) is 0 Å². The minimum absolute atomic E-state index is 0.126. The second-order valence-corrected chi connectivity index (χ2v) is 12.3. The molecule has 40 heavy (non-hydrogen) atoms. The highest BCUT2D eigenvalue weighted by molar-refractivity contribution is 7.22. The summed E-state index contributed by atoms with van der Waals surface area (Å²) in [6, 6.07) is 5.54. The fourth-order valence-electron chi connectivity index (χ4n) is 6.67. The van der Waals surface area contributed by atoms with E-state index in [2.05, 4.69) is 20.5 Å². The van der Waals surface area contributed by atoms with Gasteiger partial charge in [-0.2, -0.15) is 13.2 Å². The summed E-state index contributed by atoms with van der Waals surface area (Å²) in [5.41, 5.74) is -0.791. The Labute approximate surface area is 231 Å². The van der Waals surface area contributed by atoms with E-state index in [9.17, 15) is 22.8 Å². The number of carbonyl (C=O) groups excluding carboxylic acids is 2. The van der Waals surface area contributed by atoms with E-state index in [0.29, 0.717) is 34.9 Å². The Balaban J connectivity index is 1.16. The lowest BCUT2D eigenvalue weighted by Gasteiger charge is -2.70. The van der Waals surface area contributed by atoms with Crippen molar-refractivity contribution >= 4 is 44.2 Å². The fourth-order valence-corrected chi connectivity index (χ4v) is 7.91. The van der Waals surface area contributed by atoms with Crippen LogP contribution in [0.1, 0.15) is 52.1 Å². The number of carbonyl (C=O) groups is 2. The topological polar surface area (TPSA) is 106 Å². The number of ether oxygens (including phenoxy) is 2. The van der Waals surface area contributed by atoms with Crippen LogP contribution >= 0.6 is 11.3 Å². The number of hydrogen-bond acceptors (Lipinski definition) is 8. The summed E-state index contributed by atoms with van der Waals surface area (Å²) in [4.78, 5) is 38.2. The van der Waals surface area contributed by atoms with Gasteiger partial charge in [0.2, 0.25) is 0 Å². The number of nitrogens with zero attached hydrogens (tertiary/aromatic N) is 3. The molecule has 210 valence electrons. The monoisotopic (exact) mass is 573 g/mol. The molecule has 13 heteroatoms. The number of benzene rings is 1. The molecule has 2 aromatic heterocycles. The number of methoxy groups -OCH3 is 1. The van der Waals surface area contributed by atoms with Crippen LogP contribution in [0, 0.1) is 12.3 Å². The molecule has 2 N–H and O–H groups in total. The third-order valence-electron chi connectivity index (χ3n) is 8.67. The summed E-state index contributed by atoms with van der Waals surface area (Å²) in [5.74, 6) is -0.705. The van der Waals surface area contributed by atoms with Crippen LogP contribution in [0.25, 0.3) is 10.2 Å². The lowest BCUT2D eigenvalue weighted by Crippen LogP contribution is -2.78. The molecule has 2 saturated heterocycles. The quantitative estimate of drug-likeness (QED) is 0.449. The molecule has 2 unspecified atom stereocenters. The number of nitrogens with one attached hydrogen (secondary N) is 2. The van der Waals surface area contributed by atoms with Crippen LogP contribution < -0.4 is 20.3 Å². The van der Waals surface area contributed by atoms with Gasteiger partial charge >= 0.3 is 6.18 Å². The van der Waals surface area contributed by atoms with Crippen LogP contribution in [0.4, 0.5) is 24.0 Å². The zero-order valence-corrected chi connectivity index (χ0v) is 22.5. The first-order valence-electron chi connectivity index (χ1n) is 13.0. The van der Waals surface area contributed by atoms with Crippen molar-refractivity contribution in [2.45, 2.75) is 56.4 Å². The van der Waals surface area contributed by atoms with Crippen LogP contribution in [-0.2, 0) is 4.74 Å². The number of amides is 2. The van der Waals surface area contributed by atoms with Crippen LogP contribution in [0.15, 0.2) is 24.4 Å². The number of halogens is 3. The molecule has 8 rings (SSSR count). The van der Waals surface area contributed by atoms with Gasteiger partial charge in [-0.1, -0.05) is 11.3 Å². The van der Waals surface area contributed by atoms with Crippen LogP contribution in [0.2, 0.25) is 0 Å². The van der Waals surface area contributed by atoms with Gasteiger partial charge in [0.05, 0.1) is 65.5 Å². The highest BCUT2D eigenvalue weighted by Crippen LogP contribution is 2.73. The van der Waals surface area contributed by atoms with E-state index in [0.717, 1.165) is 11.6 Å². The van der Waals surface area contributed by atoms with E-state index in [1.165, 1.54) is 30.7 Å². The molecule has 2 aliphatic heterocycles. The number of fused-ring (bicyclic) bond motifs is 3. The maximum atomic E-state index is 13.7. The number of rotatable bonds is 6. The standard InChI is InChI=1S/C27H26F3N5O4S/c1-13-5-16(22(36)34-26-10-25(11-26,12-26)27(28,29)30)18(7-31-13)32-23(37)20-19(38-2)4-3-17-21(20)40-24(33-17)35-14-6-15(35)9-39-8-14/h3-5,7,14-15H,6,8-12H2,1-2H3,(H,32,37)(H,34,36). The molecule has 3 aliphatic carbocycles. The number of pyridine rings is 1. The average Bonchev–Trinajstić information content (AvgIpc) is 3.28. The summed E-state index contributed by atoms with van der Waals surface area (Å²) < 4.78 is 51.6. The summed E-state index contributed by atoms with van der Waals surface area (Å²) in [6.45, 7) is 2.99. The van der Waals surface area contributed by atoms with Crippen molar-refractivity contribution in [3.63, 3.8) is 0 Å². The summed E-state index contributed by atoms with van der Waals surface area (Å²) in [6.07, 6.45) is -2.22. The van der Waals surface area contributed by atoms with Gasteiger partial charge in [0.15, 0.2) is 5.13 Å². The first-order chi connectivity index (χ1) is 19.0. The van der Waals surface area contributed by atoms with Gasteiger partial charge in [-0.3, -0.25) is 14.6 Å². The number of thiazole rings is 1. The Morgan fingerprint density at radius 2 is 1.90 bits per heavy atom. The van der Waals surface area contributed by atoms with E-state index < -0.39 is 28.9 Å². The molecule has 1 aromatic carbocycles. The average molecular weight is 574 g/mol. The fraction of sp³-hybridized carbons (Fsp3) is 0.481.